The fourth-order valence-corrected chi connectivity index (χ4v) is 2.44. The number of carbonyl (C=O) groups is 2. The van der Waals surface area contributed by atoms with Crippen LogP contribution >= 0.6 is 31.9 Å². The molecule has 3 nitrogen and oxygen atoms in total. The second-order valence-corrected chi connectivity index (χ2v) is 4.85. The number of halogens is 3. The van der Waals surface area contributed by atoms with Gasteiger partial charge >= 0.3 is 5.97 Å². The van der Waals surface area contributed by atoms with E-state index in [0.29, 0.717) is 10.0 Å². The number of hydrogen-bond acceptors (Lipinski definition) is 3. The van der Waals surface area contributed by atoms with E-state index in [1.54, 1.807) is 13.8 Å². The molecule has 0 saturated heterocycles. The van der Waals surface area contributed by atoms with Crippen molar-refractivity contribution >= 4 is 43.6 Å². The van der Waals surface area contributed by atoms with E-state index in [1.807, 2.05) is 0 Å². The molecule has 0 aliphatic heterocycles. The van der Waals surface area contributed by atoms with Crippen LogP contribution in [0, 0.1) is 12.7 Å². The van der Waals surface area contributed by atoms with Gasteiger partial charge in [0, 0.05) is 8.95 Å². The summed E-state index contributed by atoms with van der Waals surface area (Å²) in [6.07, 6.45) is 0. The zero-order chi connectivity index (χ0) is 13.2. The molecule has 0 atom stereocenters. The SMILES string of the molecule is CCOC(=O)C(=O)c1c(F)cc(Br)c(C)c1Br. The number of carbonyl (C=O) groups excluding carboxylic acids is 2. The molecule has 0 aromatic heterocycles. The predicted octanol–water partition coefficient (Wildman–Crippen LogP) is 3.40. The van der Waals surface area contributed by atoms with Crippen molar-refractivity contribution in [3.63, 3.8) is 0 Å². The maximum Gasteiger partial charge on any atom is 0.379 e. The Morgan fingerprint density at radius 1 is 1.41 bits per heavy atom. The van der Waals surface area contributed by atoms with Gasteiger partial charge in [0.2, 0.25) is 0 Å². The summed E-state index contributed by atoms with van der Waals surface area (Å²) in [5, 5.41) is 0. The third-order valence-electron chi connectivity index (χ3n) is 2.09. The molecule has 0 heterocycles. The summed E-state index contributed by atoms with van der Waals surface area (Å²) < 4.78 is 19.0. The standard InChI is InChI=1S/C11H9Br2FO3/c1-3-17-11(16)10(15)8-7(14)4-6(12)5(2)9(8)13/h4H,3H2,1-2H3. The maximum atomic E-state index is 13.7. The molecule has 0 saturated carbocycles. The lowest BCUT2D eigenvalue weighted by Gasteiger charge is -2.09. The van der Waals surface area contributed by atoms with Gasteiger partial charge in [-0.25, -0.2) is 9.18 Å². The average Bonchev–Trinajstić information content (AvgIpc) is 2.26. The molecule has 0 aliphatic carbocycles. The van der Waals surface area contributed by atoms with E-state index in [2.05, 4.69) is 36.6 Å². The predicted molar refractivity (Wildman–Crippen MR) is 67.5 cm³/mol. The summed E-state index contributed by atoms with van der Waals surface area (Å²) in [4.78, 5) is 23.0. The van der Waals surface area contributed by atoms with Crippen molar-refractivity contribution < 1.29 is 18.7 Å². The molecule has 6 heteroatoms. The quantitative estimate of drug-likeness (QED) is 0.467. The minimum absolute atomic E-state index is 0.0688. The minimum Gasteiger partial charge on any atom is -0.460 e. The van der Waals surface area contributed by atoms with Gasteiger partial charge in [0.05, 0.1) is 12.2 Å². The van der Waals surface area contributed by atoms with Crippen molar-refractivity contribution in [3.8, 4) is 0 Å². The first kappa shape index (κ1) is 14.3. The maximum absolute atomic E-state index is 13.7. The van der Waals surface area contributed by atoms with Crippen LogP contribution in [0.15, 0.2) is 15.0 Å². The Labute approximate surface area is 115 Å². The van der Waals surface area contributed by atoms with E-state index in [1.165, 1.54) is 0 Å². The number of benzene rings is 1. The van der Waals surface area contributed by atoms with Gasteiger partial charge in [-0.2, -0.15) is 0 Å². The van der Waals surface area contributed by atoms with Crippen LogP contribution in [0.5, 0.6) is 0 Å². The zero-order valence-electron chi connectivity index (χ0n) is 9.14. The number of rotatable bonds is 3. The molecule has 17 heavy (non-hydrogen) atoms. The fraction of sp³-hybridized carbons (Fsp3) is 0.273. The molecule has 1 rings (SSSR count). The van der Waals surface area contributed by atoms with E-state index in [0.717, 1.165) is 6.07 Å². The first-order valence-electron chi connectivity index (χ1n) is 4.75. The van der Waals surface area contributed by atoms with E-state index >= 15 is 0 Å². The second-order valence-electron chi connectivity index (χ2n) is 3.20. The topological polar surface area (TPSA) is 43.4 Å². The highest BCUT2D eigenvalue weighted by Crippen LogP contribution is 2.30. The van der Waals surface area contributed by atoms with E-state index < -0.39 is 17.6 Å². The van der Waals surface area contributed by atoms with Crippen molar-refractivity contribution in [1.82, 2.24) is 0 Å². The van der Waals surface area contributed by atoms with Crippen LogP contribution in [0.2, 0.25) is 0 Å². The molecular weight excluding hydrogens is 359 g/mol. The van der Waals surface area contributed by atoms with Crippen LogP contribution in [0.3, 0.4) is 0 Å². The van der Waals surface area contributed by atoms with Gasteiger partial charge in [0.15, 0.2) is 0 Å². The van der Waals surface area contributed by atoms with Crippen molar-refractivity contribution in [2.75, 3.05) is 6.61 Å². The fourth-order valence-electron chi connectivity index (χ4n) is 1.20. The van der Waals surface area contributed by atoms with Crippen LogP contribution in [-0.2, 0) is 9.53 Å². The largest absolute Gasteiger partial charge is 0.460 e. The molecular formula is C11H9Br2FO3. The minimum atomic E-state index is -1.06. The van der Waals surface area contributed by atoms with Crippen LogP contribution in [0.4, 0.5) is 4.39 Å². The Hall–Kier alpha value is -0.750. The average molecular weight is 368 g/mol. The third-order valence-corrected chi connectivity index (χ3v) is 3.90. The smallest absolute Gasteiger partial charge is 0.379 e. The zero-order valence-corrected chi connectivity index (χ0v) is 12.3. The monoisotopic (exact) mass is 366 g/mol. The Morgan fingerprint density at radius 2 is 2.00 bits per heavy atom. The summed E-state index contributed by atoms with van der Waals surface area (Å²) in [7, 11) is 0. The van der Waals surface area contributed by atoms with Crippen LogP contribution < -0.4 is 0 Å². The molecule has 1 aromatic carbocycles. The number of Topliss-reactive ketones (excluding diaryl/α,β-unsaturated/α-hetero) is 1. The van der Waals surface area contributed by atoms with Crippen LogP contribution in [-0.4, -0.2) is 18.4 Å². The Kier molecular flexibility index (Phi) is 4.82. The second kappa shape index (κ2) is 5.73. The van der Waals surface area contributed by atoms with E-state index in [9.17, 15) is 14.0 Å². The Bertz CT molecular complexity index is 486. The van der Waals surface area contributed by atoms with Crippen molar-refractivity contribution in [1.29, 1.82) is 0 Å². The summed E-state index contributed by atoms with van der Waals surface area (Å²) >= 11 is 6.25. The summed E-state index contributed by atoms with van der Waals surface area (Å²) in [6.45, 7) is 3.33. The molecule has 0 spiro atoms. The number of hydrogen-bond donors (Lipinski definition) is 0. The summed E-state index contributed by atoms with van der Waals surface area (Å²) in [6, 6.07) is 1.15. The lowest BCUT2D eigenvalue weighted by atomic mass is 10.1. The van der Waals surface area contributed by atoms with Crippen LogP contribution in [0.1, 0.15) is 22.8 Å². The number of ketones is 1. The third kappa shape index (κ3) is 2.93. The lowest BCUT2D eigenvalue weighted by molar-refractivity contribution is -0.137. The van der Waals surface area contributed by atoms with E-state index in [-0.39, 0.29) is 16.6 Å². The highest BCUT2D eigenvalue weighted by molar-refractivity contribution is 9.11. The first-order valence-corrected chi connectivity index (χ1v) is 6.34. The number of ether oxygens (including phenoxy) is 1. The van der Waals surface area contributed by atoms with Gasteiger partial charge in [-0.1, -0.05) is 15.9 Å². The first-order chi connectivity index (χ1) is 7.90. The van der Waals surface area contributed by atoms with Gasteiger partial charge < -0.3 is 4.74 Å². The van der Waals surface area contributed by atoms with Crippen molar-refractivity contribution in [2.45, 2.75) is 13.8 Å². The van der Waals surface area contributed by atoms with Gasteiger partial charge in [-0.3, -0.25) is 4.79 Å². The van der Waals surface area contributed by atoms with Gasteiger partial charge in [-0.15, -0.1) is 0 Å². The highest BCUT2D eigenvalue weighted by Gasteiger charge is 2.25. The molecule has 0 N–H and O–H groups in total. The van der Waals surface area contributed by atoms with E-state index in [4.69, 9.17) is 0 Å². The highest BCUT2D eigenvalue weighted by atomic mass is 79.9. The van der Waals surface area contributed by atoms with Gasteiger partial charge in [-0.05, 0) is 41.4 Å². The Balaban J connectivity index is 3.28. The molecule has 0 unspecified atom stereocenters. The van der Waals surface area contributed by atoms with Gasteiger partial charge in [0.1, 0.15) is 5.82 Å². The summed E-state index contributed by atoms with van der Waals surface area (Å²) in [5.41, 5.74) is 0.336. The molecule has 0 fully saturated rings. The molecule has 92 valence electrons. The molecule has 0 aliphatic rings. The molecule has 0 amide bonds. The summed E-state index contributed by atoms with van der Waals surface area (Å²) in [5.74, 6) is -2.83. The molecule has 0 bridgehead atoms. The number of esters is 1. The van der Waals surface area contributed by atoms with Crippen molar-refractivity contribution in [3.05, 3.63) is 32.0 Å². The molecule has 1 aromatic rings. The molecule has 0 radical (unpaired) electrons. The Morgan fingerprint density at radius 3 is 2.53 bits per heavy atom. The van der Waals surface area contributed by atoms with Crippen LogP contribution in [0.25, 0.3) is 0 Å². The van der Waals surface area contributed by atoms with Crippen molar-refractivity contribution in [2.24, 2.45) is 0 Å². The lowest BCUT2D eigenvalue weighted by Crippen LogP contribution is -2.19. The van der Waals surface area contributed by atoms with Gasteiger partial charge in [0.25, 0.3) is 5.78 Å². The normalized spacial score (nSPS) is 10.2.